The van der Waals surface area contributed by atoms with Crippen LogP contribution in [0.5, 0.6) is 0 Å². The average Bonchev–Trinajstić information content (AvgIpc) is 2.80. The van der Waals surface area contributed by atoms with Gasteiger partial charge in [-0.3, -0.25) is 4.79 Å². The van der Waals surface area contributed by atoms with E-state index in [1.807, 2.05) is 0 Å². The Morgan fingerprint density at radius 3 is 2.50 bits per heavy atom. The van der Waals surface area contributed by atoms with E-state index in [1.165, 1.54) is 0 Å². The molecule has 0 bridgehead atoms. The minimum atomic E-state index is -0.221. The summed E-state index contributed by atoms with van der Waals surface area (Å²) in [6.07, 6.45) is 5.93. The molecule has 4 nitrogen and oxygen atoms in total. The molecule has 1 amide bonds. The van der Waals surface area contributed by atoms with Crippen molar-refractivity contribution < 1.29 is 9.53 Å². The Balaban J connectivity index is 2.32. The third-order valence-electron chi connectivity index (χ3n) is 4.16. The molecule has 0 aromatic carbocycles. The Morgan fingerprint density at radius 1 is 1.39 bits per heavy atom. The van der Waals surface area contributed by atoms with Crippen molar-refractivity contribution in [2.24, 2.45) is 5.73 Å². The average molecular weight is 256 g/mol. The molecule has 1 aliphatic heterocycles. The molecule has 106 valence electrons. The first kappa shape index (κ1) is 15.4. The lowest BCUT2D eigenvalue weighted by Gasteiger charge is -2.31. The maximum Gasteiger partial charge on any atom is 0.220 e. The van der Waals surface area contributed by atoms with Crippen molar-refractivity contribution in [3.63, 3.8) is 0 Å². The third-order valence-corrected chi connectivity index (χ3v) is 4.16. The number of rotatable bonds is 7. The number of hydrogen-bond acceptors (Lipinski definition) is 3. The van der Waals surface area contributed by atoms with Gasteiger partial charge in [0, 0.05) is 13.0 Å². The van der Waals surface area contributed by atoms with E-state index in [2.05, 4.69) is 26.1 Å². The van der Waals surface area contributed by atoms with E-state index in [4.69, 9.17) is 10.5 Å². The van der Waals surface area contributed by atoms with E-state index < -0.39 is 0 Å². The second-order valence-electron chi connectivity index (χ2n) is 5.42. The van der Waals surface area contributed by atoms with Gasteiger partial charge in [-0.2, -0.15) is 0 Å². The number of amides is 1. The summed E-state index contributed by atoms with van der Waals surface area (Å²) in [5, 5.41) is 3.10. The highest BCUT2D eigenvalue weighted by atomic mass is 16.5. The van der Waals surface area contributed by atoms with Crippen LogP contribution >= 0.6 is 0 Å². The van der Waals surface area contributed by atoms with Gasteiger partial charge >= 0.3 is 0 Å². The fourth-order valence-corrected chi connectivity index (χ4v) is 2.51. The van der Waals surface area contributed by atoms with Crippen LogP contribution in [0.1, 0.15) is 59.3 Å². The molecule has 0 aromatic heterocycles. The molecule has 0 aromatic rings. The van der Waals surface area contributed by atoms with Crippen molar-refractivity contribution in [3.05, 3.63) is 0 Å². The topological polar surface area (TPSA) is 64.3 Å². The highest BCUT2D eigenvalue weighted by Gasteiger charge is 2.27. The van der Waals surface area contributed by atoms with Gasteiger partial charge in [0.15, 0.2) is 0 Å². The largest absolute Gasteiger partial charge is 0.375 e. The molecule has 0 saturated carbocycles. The maximum atomic E-state index is 12.0. The van der Waals surface area contributed by atoms with Gasteiger partial charge in [0.05, 0.1) is 17.7 Å². The Bertz CT molecular complexity index is 256. The van der Waals surface area contributed by atoms with Gasteiger partial charge in [0.25, 0.3) is 0 Å². The molecule has 1 rings (SSSR count). The van der Waals surface area contributed by atoms with Crippen molar-refractivity contribution in [2.75, 3.05) is 6.54 Å². The van der Waals surface area contributed by atoms with E-state index in [1.54, 1.807) is 0 Å². The SMILES string of the molecule is CCC(CC)(CN)NC(=O)CCC1CCC(C)O1. The lowest BCUT2D eigenvalue weighted by atomic mass is 9.92. The minimum Gasteiger partial charge on any atom is -0.375 e. The standard InChI is InChI=1S/C14H28N2O2/c1-4-14(5-2,10-15)16-13(17)9-8-12-7-6-11(3)18-12/h11-12H,4-10,15H2,1-3H3,(H,16,17). The number of nitrogens with two attached hydrogens (primary N) is 1. The van der Waals surface area contributed by atoms with Crippen LogP contribution in [0.3, 0.4) is 0 Å². The molecule has 1 fully saturated rings. The number of nitrogens with one attached hydrogen (secondary N) is 1. The normalized spacial score (nSPS) is 24.2. The van der Waals surface area contributed by atoms with E-state index in [0.717, 1.165) is 32.1 Å². The molecule has 2 atom stereocenters. The molecule has 1 heterocycles. The van der Waals surface area contributed by atoms with Crippen LogP contribution in [-0.2, 0) is 9.53 Å². The summed E-state index contributed by atoms with van der Waals surface area (Å²) in [7, 11) is 0. The van der Waals surface area contributed by atoms with E-state index in [9.17, 15) is 4.79 Å². The van der Waals surface area contributed by atoms with Crippen LogP contribution in [0, 0.1) is 0 Å². The zero-order valence-electron chi connectivity index (χ0n) is 12.0. The van der Waals surface area contributed by atoms with Gasteiger partial charge in [-0.15, -0.1) is 0 Å². The van der Waals surface area contributed by atoms with Crippen LogP contribution in [0.4, 0.5) is 0 Å². The van der Waals surface area contributed by atoms with Crippen LogP contribution < -0.4 is 11.1 Å². The first-order valence-electron chi connectivity index (χ1n) is 7.21. The molecular formula is C14H28N2O2. The molecule has 1 saturated heterocycles. The summed E-state index contributed by atoms with van der Waals surface area (Å²) in [5.74, 6) is 0.104. The minimum absolute atomic E-state index is 0.104. The van der Waals surface area contributed by atoms with Crippen LogP contribution in [0.2, 0.25) is 0 Å². The molecule has 4 heteroatoms. The highest BCUT2D eigenvalue weighted by molar-refractivity contribution is 5.76. The summed E-state index contributed by atoms with van der Waals surface area (Å²) in [6, 6.07) is 0. The maximum absolute atomic E-state index is 12.0. The molecule has 1 aliphatic rings. The van der Waals surface area contributed by atoms with Crippen molar-refractivity contribution in [1.82, 2.24) is 5.32 Å². The van der Waals surface area contributed by atoms with Gasteiger partial charge in [-0.05, 0) is 39.0 Å². The third kappa shape index (κ3) is 4.25. The Kier molecular flexibility index (Phi) is 6.09. The quantitative estimate of drug-likeness (QED) is 0.732. The Labute approximate surface area is 111 Å². The zero-order chi connectivity index (χ0) is 13.6. The van der Waals surface area contributed by atoms with Crippen molar-refractivity contribution in [2.45, 2.75) is 77.0 Å². The predicted molar refractivity (Wildman–Crippen MR) is 73.3 cm³/mol. The Morgan fingerprint density at radius 2 is 2.06 bits per heavy atom. The number of hydrogen-bond donors (Lipinski definition) is 2. The van der Waals surface area contributed by atoms with Crippen molar-refractivity contribution >= 4 is 5.91 Å². The van der Waals surface area contributed by atoms with Gasteiger partial charge in [0.1, 0.15) is 0 Å². The molecule has 18 heavy (non-hydrogen) atoms. The summed E-state index contributed by atoms with van der Waals surface area (Å²) in [5.41, 5.74) is 5.55. The predicted octanol–water partition coefficient (Wildman–Crippen LogP) is 1.97. The fourth-order valence-electron chi connectivity index (χ4n) is 2.51. The molecule has 3 N–H and O–H groups in total. The summed E-state index contributed by atoms with van der Waals surface area (Å²) >= 11 is 0. The number of carbonyl (C=O) groups is 1. The first-order valence-corrected chi connectivity index (χ1v) is 7.21. The second kappa shape index (κ2) is 7.10. The monoisotopic (exact) mass is 256 g/mol. The molecule has 2 unspecified atom stereocenters. The van der Waals surface area contributed by atoms with Crippen molar-refractivity contribution in [3.8, 4) is 0 Å². The van der Waals surface area contributed by atoms with E-state index in [0.29, 0.717) is 19.1 Å². The molecular weight excluding hydrogens is 228 g/mol. The number of carbonyl (C=O) groups excluding carboxylic acids is 1. The fraction of sp³-hybridized carbons (Fsp3) is 0.929. The smallest absolute Gasteiger partial charge is 0.220 e. The van der Waals surface area contributed by atoms with Crippen LogP contribution in [0.15, 0.2) is 0 Å². The van der Waals surface area contributed by atoms with Crippen LogP contribution in [-0.4, -0.2) is 30.2 Å². The molecule has 0 spiro atoms. The van der Waals surface area contributed by atoms with E-state index >= 15 is 0 Å². The molecule has 0 aliphatic carbocycles. The van der Waals surface area contributed by atoms with Crippen LogP contribution in [0.25, 0.3) is 0 Å². The van der Waals surface area contributed by atoms with E-state index in [-0.39, 0.29) is 17.6 Å². The lowest BCUT2D eigenvalue weighted by molar-refractivity contribution is -0.123. The highest BCUT2D eigenvalue weighted by Crippen LogP contribution is 2.22. The van der Waals surface area contributed by atoms with Gasteiger partial charge in [-0.1, -0.05) is 13.8 Å². The lowest BCUT2D eigenvalue weighted by Crippen LogP contribution is -2.52. The first-order chi connectivity index (χ1) is 8.55. The Hall–Kier alpha value is -0.610. The zero-order valence-corrected chi connectivity index (χ0v) is 12.0. The summed E-state index contributed by atoms with van der Waals surface area (Å²) < 4.78 is 5.72. The van der Waals surface area contributed by atoms with Gasteiger partial charge < -0.3 is 15.8 Å². The summed E-state index contributed by atoms with van der Waals surface area (Å²) in [6.45, 7) is 6.73. The molecule has 0 radical (unpaired) electrons. The summed E-state index contributed by atoms with van der Waals surface area (Å²) in [4.78, 5) is 12.0. The van der Waals surface area contributed by atoms with Gasteiger partial charge in [-0.25, -0.2) is 0 Å². The number of ether oxygens (including phenoxy) is 1. The van der Waals surface area contributed by atoms with Crippen molar-refractivity contribution in [1.29, 1.82) is 0 Å². The van der Waals surface area contributed by atoms with Gasteiger partial charge in [0.2, 0.25) is 5.91 Å². The second-order valence-corrected chi connectivity index (χ2v) is 5.42.